The van der Waals surface area contributed by atoms with Crippen LogP contribution >= 0.6 is 22.7 Å². The monoisotopic (exact) mass is 213 g/mol. The van der Waals surface area contributed by atoms with Gasteiger partial charge in [-0.15, -0.1) is 22.7 Å². The zero-order chi connectivity index (χ0) is 9.26. The van der Waals surface area contributed by atoms with Crippen molar-refractivity contribution in [1.29, 1.82) is 0 Å². The highest BCUT2D eigenvalue weighted by Crippen LogP contribution is 2.34. The van der Waals surface area contributed by atoms with E-state index < -0.39 is 0 Å². The van der Waals surface area contributed by atoms with Crippen molar-refractivity contribution in [3.63, 3.8) is 0 Å². The van der Waals surface area contributed by atoms with Gasteiger partial charge in [0, 0.05) is 23.0 Å². The maximum atomic E-state index is 8.79. The van der Waals surface area contributed by atoms with Gasteiger partial charge in [0.05, 0.1) is 11.6 Å². The molecule has 0 saturated heterocycles. The molecule has 4 heteroatoms. The van der Waals surface area contributed by atoms with Crippen LogP contribution in [0.5, 0.6) is 0 Å². The molecule has 0 aliphatic rings. The van der Waals surface area contributed by atoms with Crippen LogP contribution in [-0.4, -0.2) is 25.3 Å². The van der Waals surface area contributed by atoms with Gasteiger partial charge < -0.3 is 10.0 Å². The van der Waals surface area contributed by atoms with Gasteiger partial charge in [0.15, 0.2) is 0 Å². The zero-order valence-electron chi connectivity index (χ0n) is 7.36. The van der Waals surface area contributed by atoms with E-state index >= 15 is 0 Å². The number of thiophene rings is 2. The van der Waals surface area contributed by atoms with Crippen molar-refractivity contribution in [2.24, 2.45) is 0 Å². The van der Waals surface area contributed by atoms with Gasteiger partial charge in [-0.05, 0) is 17.5 Å². The third kappa shape index (κ3) is 1.70. The number of fused-ring (bicyclic) bond motifs is 1. The number of hydrogen-bond acceptors (Lipinski definition) is 4. The van der Waals surface area contributed by atoms with Crippen LogP contribution in [0.3, 0.4) is 0 Å². The Bertz CT molecular complexity index is 364. The maximum Gasteiger partial charge on any atom is 0.0927 e. The first-order valence-electron chi connectivity index (χ1n) is 4.10. The third-order valence-corrected chi connectivity index (χ3v) is 4.15. The van der Waals surface area contributed by atoms with E-state index in [1.54, 1.807) is 22.7 Å². The first kappa shape index (κ1) is 8.99. The molecule has 0 saturated carbocycles. The average Bonchev–Trinajstić information content (AvgIpc) is 2.61. The van der Waals surface area contributed by atoms with Gasteiger partial charge in [-0.3, -0.25) is 0 Å². The van der Waals surface area contributed by atoms with E-state index in [4.69, 9.17) is 5.11 Å². The molecule has 0 amide bonds. The van der Waals surface area contributed by atoms with E-state index in [0.717, 1.165) is 0 Å². The van der Waals surface area contributed by atoms with E-state index in [9.17, 15) is 0 Å². The van der Waals surface area contributed by atoms with Crippen LogP contribution in [0.2, 0.25) is 0 Å². The lowest BCUT2D eigenvalue weighted by Crippen LogP contribution is -2.19. The summed E-state index contributed by atoms with van der Waals surface area (Å²) in [5.41, 5.74) is 0. The minimum atomic E-state index is 0.210. The molecule has 0 aromatic carbocycles. The standard InChI is InChI=1S/C9H11NOS2/c1-10(3-4-11)9-6-8-7(13-9)2-5-12-8/h2,5-6,11H,3-4H2,1H3. The molecule has 0 unspecified atom stereocenters. The second kappa shape index (κ2) is 3.65. The quantitative estimate of drug-likeness (QED) is 0.846. The number of likely N-dealkylation sites (N-methyl/N-ethyl adjacent to an activating group) is 1. The Hall–Kier alpha value is -0.580. The molecule has 0 bridgehead atoms. The smallest absolute Gasteiger partial charge is 0.0927 e. The maximum absolute atomic E-state index is 8.79. The Morgan fingerprint density at radius 3 is 3.00 bits per heavy atom. The van der Waals surface area contributed by atoms with Crippen molar-refractivity contribution < 1.29 is 5.11 Å². The molecule has 70 valence electrons. The molecule has 2 nitrogen and oxygen atoms in total. The van der Waals surface area contributed by atoms with Crippen LogP contribution in [0.1, 0.15) is 0 Å². The van der Waals surface area contributed by atoms with E-state index in [0.29, 0.717) is 6.54 Å². The van der Waals surface area contributed by atoms with Gasteiger partial charge in [0.2, 0.25) is 0 Å². The van der Waals surface area contributed by atoms with Gasteiger partial charge >= 0.3 is 0 Å². The minimum absolute atomic E-state index is 0.210. The number of aliphatic hydroxyl groups is 1. The van der Waals surface area contributed by atoms with Gasteiger partial charge in [-0.25, -0.2) is 0 Å². The number of hydrogen-bond donors (Lipinski definition) is 1. The summed E-state index contributed by atoms with van der Waals surface area (Å²) in [5, 5.41) is 12.1. The fraction of sp³-hybridized carbons (Fsp3) is 0.333. The predicted molar refractivity (Wildman–Crippen MR) is 60.1 cm³/mol. The summed E-state index contributed by atoms with van der Waals surface area (Å²) in [7, 11) is 2.01. The molecule has 13 heavy (non-hydrogen) atoms. The Kier molecular flexibility index (Phi) is 2.53. The van der Waals surface area contributed by atoms with Crippen molar-refractivity contribution in [2.75, 3.05) is 25.1 Å². The first-order valence-corrected chi connectivity index (χ1v) is 5.80. The van der Waals surface area contributed by atoms with E-state index in [-0.39, 0.29) is 6.61 Å². The van der Waals surface area contributed by atoms with Crippen LogP contribution in [0, 0.1) is 0 Å². The Balaban J connectivity index is 2.28. The SMILES string of the molecule is CN(CCO)c1cc2sccc2s1. The molecular weight excluding hydrogens is 202 g/mol. The van der Waals surface area contributed by atoms with Crippen molar-refractivity contribution in [1.82, 2.24) is 0 Å². The lowest BCUT2D eigenvalue weighted by atomic mass is 10.5. The Morgan fingerprint density at radius 2 is 2.31 bits per heavy atom. The average molecular weight is 213 g/mol. The summed E-state index contributed by atoms with van der Waals surface area (Å²) >= 11 is 3.54. The Labute approximate surface area is 85.0 Å². The topological polar surface area (TPSA) is 23.5 Å². The zero-order valence-corrected chi connectivity index (χ0v) is 8.99. The van der Waals surface area contributed by atoms with Crippen molar-refractivity contribution in [3.05, 3.63) is 17.5 Å². The fourth-order valence-corrected chi connectivity index (χ4v) is 3.29. The molecule has 0 atom stereocenters. The summed E-state index contributed by atoms with van der Waals surface area (Å²) in [6.07, 6.45) is 0. The third-order valence-electron chi connectivity index (χ3n) is 1.94. The lowest BCUT2D eigenvalue weighted by Gasteiger charge is -2.14. The summed E-state index contributed by atoms with van der Waals surface area (Å²) < 4.78 is 2.68. The molecule has 0 fully saturated rings. The highest BCUT2D eigenvalue weighted by molar-refractivity contribution is 7.29. The summed E-state index contributed by atoms with van der Waals surface area (Å²) in [4.78, 5) is 2.08. The van der Waals surface area contributed by atoms with E-state index in [1.807, 2.05) is 7.05 Å². The lowest BCUT2D eigenvalue weighted by molar-refractivity contribution is 0.304. The van der Waals surface area contributed by atoms with Crippen molar-refractivity contribution in [2.45, 2.75) is 0 Å². The van der Waals surface area contributed by atoms with Crippen LogP contribution in [-0.2, 0) is 0 Å². The van der Waals surface area contributed by atoms with Gasteiger partial charge in [0.25, 0.3) is 0 Å². The molecular formula is C9H11NOS2. The summed E-state index contributed by atoms with van der Waals surface area (Å²) in [6.45, 7) is 0.913. The molecule has 0 spiro atoms. The number of nitrogens with zero attached hydrogens (tertiary/aromatic N) is 1. The molecule has 2 rings (SSSR count). The highest BCUT2D eigenvalue weighted by Gasteiger charge is 2.05. The predicted octanol–water partition coefficient (Wildman–Crippen LogP) is 2.39. The van der Waals surface area contributed by atoms with Crippen LogP contribution in [0.15, 0.2) is 17.5 Å². The van der Waals surface area contributed by atoms with E-state index in [1.165, 1.54) is 14.4 Å². The van der Waals surface area contributed by atoms with Crippen molar-refractivity contribution >= 4 is 37.1 Å². The van der Waals surface area contributed by atoms with Gasteiger partial charge in [0.1, 0.15) is 0 Å². The normalized spacial score (nSPS) is 10.9. The molecule has 0 aliphatic carbocycles. The minimum Gasteiger partial charge on any atom is -0.395 e. The second-order valence-electron chi connectivity index (χ2n) is 2.88. The second-order valence-corrected chi connectivity index (χ2v) is 4.89. The van der Waals surface area contributed by atoms with Gasteiger partial charge in [-0.2, -0.15) is 0 Å². The van der Waals surface area contributed by atoms with Gasteiger partial charge in [-0.1, -0.05) is 0 Å². The highest BCUT2D eigenvalue weighted by atomic mass is 32.1. The largest absolute Gasteiger partial charge is 0.395 e. The molecule has 1 N–H and O–H groups in total. The summed E-state index contributed by atoms with van der Waals surface area (Å²) in [6, 6.07) is 4.32. The molecule has 2 aromatic heterocycles. The Morgan fingerprint density at radius 1 is 1.46 bits per heavy atom. The van der Waals surface area contributed by atoms with Crippen LogP contribution < -0.4 is 4.90 Å². The first-order chi connectivity index (χ1) is 6.31. The molecule has 2 aromatic rings. The number of rotatable bonds is 3. The van der Waals surface area contributed by atoms with E-state index in [2.05, 4.69) is 22.4 Å². The number of aliphatic hydroxyl groups excluding tert-OH is 1. The fourth-order valence-electron chi connectivity index (χ4n) is 1.20. The van der Waals surface area contributed by atoms with Crippen LogP contribution in [0.4, 0.5) is 5.00 Å². The molecule has 0 radical (unpaired) electrons. The van der Waals surface area contributed by atoms with Crippen LogP contribution in [0.25, 0.3) is 9.40 Å². The number of anilines is 1. The summed E-state index contributed by atoms with van der Waals surface area (Å²) in [5.74, 6) is 0. The molecule has 2 heterocycles. The molecule has 0 aliphatic heterocycles. The van der Waals surface area contributed by atoms with Crippen molar-refractivity contribution in [3.8, 4) is 0 Å².